The van der Waals surface area contributed by atoms with Crippen molar-refractivity contribution in [1.82, 2.24) is 9.80 Å². The molecule has 0 aliphatic carbocycles. The minimum Gasteiger partial charge on any atom is -0.497 e. The van der Waals surface area contributed by atoms with Crippen LogP contribution in [0.3, 0.4) is 0 Å². The highest BCUT2D eigenvalue weighted by Crippen LogP contribution is 2.27. The van der Waals surface area contributed by atoms with Crippen LogP contribution in [0.25, 0.3) is 11.3 Å². The lowest BCUT2D eigenvalue weighted by Crippen LogP contribution is -2.53. The summed E-state index contributed by atoms with van der Waals surface area (Å²) in [6, 6.07) is 10.9. The molecule has 1 atom stereocenters. The summed E-state index contributed by atoms with van der Waals surface area (Å²) in [5.74, 6) is 1.45. The second-order valence-corrected chi connectivity index (χ2v) is 6.07. The first kappa shape index (κ1) is 15.6. The Morgan fingerprint density at radius 2 is 2.12 bits per heavy atom. The maximum atomic E-state index is 12.7. The van der Waals surface area contributed by atoms with Crippen molar-refractivity contribution in [3.05, 3.63) is 42.2 Å². The van der Waals surface area contributed by atoms with E-state index in [1.165, 1.54) is 0 Å². The van der Waals surface area contributed by atoms with Gasteiger partial charge in [0.1, 0.15) is 18.1 Å². The van der Waals surface area contributed by atoms with E-state index in [2.05, 4.69) is 0 Å². The molecule has 2 amide bonds. The summed E-state index contributed by atoms with van der Waals surface area (Å²) in [5, 5.41) is 0. The molecule has 3 heterocycles. The maximum absolute atomic E-state index is 12.7. The summed E-state index contributed by atoms with van der Waals surface area (Å²) in [6.07, 6.45) is -0.296. The lowest BCUT2D eigenvalue weighted by atomic mass is 10.1. The molecule has 7 heteroatoms. The van der Waals surface area contributed by atoms with Crippen molar-refractivity contribution in [3.63, 3.8) is 0 Å². The van der Waals surface area contributed by atoms with Gasteiger partial charge in [0, 0.05) is 25.2 Å². The summed E-state index contributed by atoms with van der Waals surface area (Å²) >= 11 is 0. The molecule has 4 rings (SSSR count). The second kappa shape index (κ2) is 6.16. The molecular formula is C18H18N2O5. The number of hydrogen-bond acceptors (Lipinski definition) is 5. The van der Waals surface area contributed by atoms with E-state index in [1.54, 1.807) is 29.0 Å². The Morgan fingerprint density at radius 1 is 1.24 bits per heavy atom. The maximum Gasteiger partial charge on any atom is 0.410 e. The highest BCUT2D eigenvalue weighted by Gasteiger charge is 2.39. The van der Waals surface area contributed by atoms with Gasteiger partial charge in [-0.15, -0.1) is 0 Å². The van der Waals surface area contributed by atoms with Gasteiger partial charge in [0.25, 0.3) is 5.91 Å². The van der Waals surface area contributed by atoms with Crippen molar-refractivity contribution < 1.29 is 23.5 Å². The van der Waals surface area contributed by atoms with E-state index in [0.717, 1.165) is 11.3 Å². The fraction of sp³-hybridized carbons (Fsp3) is 0.333. The van der Waals surface area contributed by atoms with Crippen LogP contribution >= 0.6 is 0 Å². The number of ether oxygens (including phenoxy) is 2. The van der Waals surface area contributed by atoms with E-state index in [-0.39, 0.29) is 23.8 Å². The topological polar surface area (TPSA) is 72.2 Å². The third kappa shape index (κ3) is 2.82. The van der Waals surface area contributed by atoms with Gasteiger partial charge in [0.15, 0.2) is 5.76 Å². The molecule has 0 radical (unpaired) electrons. The highest BCUT2D eigenvalue weighted by molar-refractivity contribution is 5.92. The number of furan rings is 1. The molecule has 1 unspecified atom stereocenters. The molecule has 2 aliphatic heterocycles. The van der Waals surface area contributed by atoms with Crippen molar-refractivity contribution in [2.45, 2.75) is 6.04 Å². The van der Waals surface area contributed by atoms with Crippen LogP contribution in [-0.2, 0) is 4.74 Å². The Bertz CT molecular complexity index is 815. The molecule has 2 aliphatic rings. The van der Waals surface area contributed by atoms with Gasteiger partial charge in [0.2, 0.25) is 0 Å². The fourth-order valence-corrected chi connectivity index (χ4v) is 3.21. The number of rotatable bonds is 3. The zero-order valence-electron chi connectivity index (χ0n) is 13.8. The number of carbonyl (C=O) groups is 2. The minimum atomic E-state index is -0.296. The lowest BCUT2D eigenvalue weighted by molar-refractivity contribution is 0.0587. The Hall–Kier alpha value is -2.96. The summed E-state index contributed by atoms with van der Waals surface area (Å²) in [4.78, 5) is 27.6. The van der Waals surface area contributed by atoms with Crippen LogP contribution in [0, 0.1) is 0 Å². The van der Waals surface area contributed by atoms with Crippen LogP contribution in [0.5, 0.6) is 5.75 Å². The standard InChI is InChI=1S/C18H18N2O5/c1-23-14-4-2-3-12(9-14)15-5-6-16(25-15)17(21)19-7-8-20-13(10-19)11-24-18(20)22/h2-6,9,13H,7-8,10-11H2,1H3. The van der Waals surface area contributed by atoms with E-state index in [1.807, 2.05) is 24.3 Å². The zero-order valence-corrected chi connectivity index (χ0v) is 13.8. The smallest absolute Gasteiger partial charge is 0.410 e. The summed E-state index contributed by atoms with van der Waals surface area (Å²) in [5.41, 5.74) is 0.845. The third-order valence-corrected chi connectivity index (χ3v) is 4.57. The normalized spacial score (nSPS) is 19.6. The number of piperazine rings is 1. The summed E-state index contributed by atoms with van der Waals surface area (Å²) in [6.45, 7) is 1.74. The summed E-state index contributed by atoms with van der Waals surface area (Å²) < 4.78 is 16.0. The number of hydrogen-bond donors (Lipinski definition) is 0. The predicted octanol–water partition coefficient (Wildman–Crippen LogP) is 2.23. The molecule has 25 heavy (non-hydrogen) atoms. The Labute approximate surface area is 144 Å². The van der Waals surface area contributed by atoms with Crippen LogP contribution in [0.4, 0.5) is 4.79 Å². The van der Waals surface area contributed by atoms with Crippen LogP contribution in [0.15, 0.2) is 40.8 Å². The van der Waals surface area contributed by atoms with Crippen LogP contribution < -0.4 is 4.74 Å². The zero-order chi connectivity index (χ0) is 17.4. The van der Waals surface area contributed by atoms with Crippen LogP contribution in [-0.4, -0.2) is 61.2 Å². The van der Waals surface area contributed by atoms with E-state index in [4.69, 9.17) is 13.9 Å². The summed E-state index contributed by atoms with van der Waals surface area (Å²) in [7, 11) is 1.60. The first-order valence-corrected chi connectivity index (χ1v) is 8.12. The lowest BCUT2D eigenvalue weighted by Gasteiger charge is -2.34. The van der Waals surface area contributed by atoms with Gasteiger partial charge in [-0.05, 0) is 24.3 Å². The Morgan fingerprint density at radius 3 is 2.96 bits per heavy atom. The van der Waals surface area contributed by atoms with Crippen LogP contribution in [0.1, 0.15) is 10.6 Å². The first-order chi connectivity index (χ1) is 12.2. The molecule has 7 nitrogen and oxygen atoms in total. The molecule has 0 saturated carbocycles. The van der Waals surface area contributed by atoms with E-state index in [9.17, 15) is 9.59 Å². The number of carbonyl (C=O) groups excluding carboxylic acids is 2. The fourth-order valence-electron chi connectivity index (χ4n) is 3.21. The van der Waals surface area contributed by atoms with E-state index < -0.39 is 0 Å². The van der Waals surface area contributed by atoms with Gasteiger partial charge in [-0.3, -0.25) is 9.69 Å². The second-order valence-electron chi connectivity index (χ2n) is 6.07. The molecule has 130 valence electrons. The number of amides is 2. The number of cyclic esters (lactones) is 1. The largest absolute Gasteiger partial charge is 0.497 e. The molecular weight excluding hydrogens is 324 g/mol. The van der Waals surface area contributed by atoms with E-state index >= 15 is 0 Å². The van der Waals surface area contributed by atoms with Crippen molar-refractivity contribution in [3.8, 4) is 17.1 Å². The molecule has 1 aromatic heterocycles. The van der Waals surface area contributed by atoms with Crippen molar-refractivity contribution in [2.75, 3.05) is 33.4 Å². The molecule has 0 spiro atoms. The monoisotopic (exact) mass is 342 g/mol. The molecule has 1 aromatic carbocycles. The van der Waals surface area contributed by atoms with Gasteiger partial charge < -0.3 is 18.8 Å². The molecule has 0 bridgehead atoms. The molecule has 2 aromatic rings. The van der Waals surface area contributed by atoms with Crippen LogP contribution in [0.2, 0.25) is 0 Å². The van der Waals surface area contributed by atoms with Gasteiger partial charge in [-0.1, -0.05) is 12.1 Å². The van der Waals surface area contributed by atoms with E-state index in [0.29, 0.717) is 32.0 Å². The Balaban J connectivity index is 1.50. The third-order valence-electron chi connectivity index (χ3n) is 4.57. The van der Waals surface area contributed by atoms with Crippen molar-refractivity contribution in [2.24, 2.45) is 0 Å². The van der Waals surface area contributed by atoms with Gasteiger partial charge in [-0.25, -0.2) is 4.79 Å². The van der Waals surface area contributed by atoms with Gasteiger partial charge in [0.05, 0.1) is 13.2 Å². The van der Waals surface area contributed by atoms with Gasteiger partial charge >= 0.3 is 6.09 Å². The van der Waals surface area contributed by atoms with Crippen molar-refractivity contribution >= 4 is 12.0 Å². The average molecular weight is 342 g/mol. The number of fused-ring (bicyclic) bond motifs is 1. The van der Waals surface area contributed by atoms with Gasteiger partial charge in [-0.2, -0.15) is 0 Å². The quantitative estimate of drug-likeness (QED) is 0.855. The predicted molar refractivity (Wildman–Crippen MR) is 88.4 cm³/mol. The molecule has 2 fully saturated rings. The number of nitrogens with zero attached hydrogens (tertiary/aromatic N) is 2. The highest BCUT2D eigenvalue weighted by atomic mass is 16.6. The minimum absolute atomic E-state index is 0.0713. The Kier molecular flexibility index (Phi) is 3.83. The SMILES string of the molecule is COc1cccc(-c2ccc(C(=O)N3CCN4C(=O)OCC4C3)o2)c1. The van der Waals surface area contributed by atoms with Crippen molar-refractivity contribution in [1.29, 1.82) is 0 Å². The average Bonchev–Trinajstić information content (AvgIpc) is 3.28. The molecule has 0 N–H and O–H groups in total. The molecule has 2 saturated heterocycles. The first-order valence-electron chi connectivity index (χ1n) is 8.12. The number of methoxy groups -OCH3 is 1. The number of benzene rings is 1.